The number of halogens is 1. The molecule has 1 aliphatic heterocycles. The van der Waals surface area contributed by atoms with Crippen molar-refractivity contribution in [2.24, 2.45) is 0 Å². The van der Waals surface area contributed by atoms with Crippen LogP contribution < -0.4 is 0 Å². The quantitative estimate of drug-likeness (QED) is 0.922. The average molecular weight is 291 g/mol. The third-order valence-corrected chi connectivity index (χ3v) is 5.16. The number of hydrogen-bond acceptors (Lipinski definition) is 2. The topological polar surface area (TPSA) is 40.5 Å². The molecule has 1 aliphatic carbocycles. The van der Waals surface area contributed by atoms with Crippen molar-refractivity contribution in [2.75, 3.05) is 6.54 Å². The van der Waals surface area contributed by atoms with Crippen molar-refractivity contribution in [3.63, 3.8) is 0 Å². The molecular weight excluding hydrogens is 269 g/mol. The lowest BCUT2D eigenvalue weighted by molar-refractivity contribution is -0.152. The van der Waals surface area contributed by atoms with Gasteiger partial charge in [-0.1, -0.05) is 25.5 Å². The first-order chi connectivity index (χ1) is 10.1. The van der Waals surface area contributed by atoms with E-state index in [-0.39, 0.29) is 11.9 Å². The van der Waals surface area contributed by atoms with Gasteiger partial charge in [0.15, 0.2) is 0 Å². The summed E-state index contributed by atoms with van der Waals surface area (Å²) in [5.41, 5.74) is 1.02. The highest BCUT2D eigenvalue weighted by atomic mass is 19.1. The normalized spacial score (nSPS) is 28.8. The van der Waals surface area contributed by atoms with E-state index in [1.807, 2.05) is 13.0 Å². The first kappa shape index (κ1) is 14.5. The molecule has 0 amide bonds. The summed E-state index contributed by atoms with van der Waals surface area (Å²) in [6.07, 6.45) is 4.68. The van der Waals surface area contributed by atoms with Gasteiger partial charge in [-0.15, -0.1) is 0 Å². The maximum atomic E-state index is 13.9. The lowest BCUT2D eigenvalue weighted by atomic mass is 9.89. The van der Waals surface area contributed by atoms with Gasteiger partial charge in [-0.3, -0.25) is 9.69 Å². The Labute approximate surface area is 124 Å². The molecule has 2 aliphatic rings. The van der Waals surface area contributed by atoms with Crippen molar-refractivity contribution in [1.29, 1.82) is 0 Å². The van der Waals surface area contributed by atoms with Gasteiger partial charge in [0.05, 0.1) is 0 Å². The fourth-order valence-corrected chi connectivity index (χ4v) is 4.28. The van der Waals surface area contributed by atoms with E-state index in [0.717, 1.165) is 36.9 Å². The Bertz CT molecular complexity index is 560. The Morgan fingerprint density at radius 3 is 3.05 bits per heavy atom. The second-order valence-electron chi connectivity index (χ2n) is 6.25. The van der Waals surface area contributed by atoms with Crippen LogP contribution in [0.2, 0.25) is 0 Å². The van der Waals surface area contributed by atoms with Crippen molar-refractivity contribution in [2.45, 2.75) is 57.0 Å². The van der Waals surface area contributed by atoms with Gasteiger partial charge in [-0.2, -0.15) is 0 Å². The van der Waals surface area contributed by atoms with Crippen molar-refractivity contribution < 1.29 is 14.3 Å². The van der Waals surface area contributed by atoms with Gasteiger partial charge in [0.2, 0.25) is 0 Å². The van der Waals surface area contributed by atoms with Gasteiger partial charge in [0.25, 0.3) is 0 Å². The zero-order chi connectivity index (χ0) is 15.0. The monoisotopic (exact) mass is 291 g/mol. The number of carboxylic acid groups (broad SMARTS) is 1. The molecule has 0 bridgehead atoms. The summed E-state index contributed by atoms with van der Waals surface area (Å²) in [5, 5.41) is 9.81. The molecule has 3 nitrogen and oxygen atoms in total. The van der Waals surface area contributed by atoms with Crippen molar-refractivity contribution in [3.05, 3.63) is 35.1 Å². The molecule has 1 heterocycles. The standard InChI is InChI=1S/C17H22FNO2/c1-2-9-17(16(20)21)10-4-11-19(17)15-8-7-12-13(15)5-3-6-14(12)18/h3,5-6,15H,2,4,7-11H2,1H3,(H,20,21). The third-order valence-electron chi connectivity index (χ3n) is 5.16. The number of likely N-dealkylation sites (tertiary alicyclic amines) is 1. The van der Waals surface area contributed by atoms with Crippen molar-refractivity contribution >= 4 is 5.97 Å². The van der Waals surface area contributed by atoms with Crippen LogP contribution in [0.4, 0.5) is 4.39 Å². The predicted octanol–water partition coefficient (Wildman–Crippen LogP) is 3.53. The summed E-state index contributed by atoms with van der Waals surface area (Å²) < 4.78 is 13.9. The Kier molecular flexibility index (Phi) is 3.74. The molecule has 2 unspecified atom stereocenters. The molecule has 0 aromatic heterocycles. The lowest BCUT2D eigenvalue weighted by Gasteiger charge is -2.39. The molecule has 3 rings (SSSR count). The summed E-state index contributed by atoms with van der Waals surface area (Å²) in [6, 6.07) is 5.26. The summed E-state index contributed by atoms with van der Waals surface area (Å²) in [5.74, 6) is -0.864. The zero-order valence-electron chi connectivity index (χ0n) is 12.4. The number of carboxylic acids is 1. The number of carbonyl (C=O) groups is 1. The molecule has 0 saturated carbocycles. The molecule has 4 heteroatoms. The molecule has 1 aromatic rings. The second-order valence-corrected chi connectivity index (χ2v) is 6.25. The Hall–Kier alpha value is -1.42. The zero-order valence-corrected chi connectivity index (χ0v) is 12.4. The molecule has 114 valence electrons. The summed E-state index contributed by atoms with van der Waals surface area (Å²) in [7, 11) is 0. The maximum absolute atomic E-state index is 13.9. The van der Waals surface area contributed by atoms with Crippen LogP contribution in [0.25, 0.3) is 0 Å². The summed E-state index contributed by atoms with van der Waals surface area (Å²) in [6.45, 7) is 2.83. The van der Waals surface area contributed by atoms with Gasteiger partial charge in [0, 0.05) is 6.04 Å². The molecule has 1 aromatic carbocycles. The number of fused-ring (bicyclic) bond motifs is 1. The van der Waals surface area contributed by atoms with Gasteiger partial charge >= 0.3 is 5.97 Å². The maximum Gasteiger partial charge on any atom is 0.324 e. The number of aliphatic carboxylic acids is 1. The second kappa shape index (κ2) is 5.41. The predicted molar refractivity (Wildman–Crippen MR) is 78.7 cm³/mol. The van der Waals surface area contributed by atoms with Crippen LogP contribution in [0, 0.1) is 5.82 Å². The van der Waals surface area contributed by atoms with Crippen LogP contribution in [-0.4, -0.2) is 28.1 Å². The summed E-state index contributed by atoms with van der Waals surface area (Å²) >= 11 is 0. The average Bonchev–Trinajstić information content (AvgIpc) is 3.04. The molecule has 1 fully saturated rings. The Balaban J connectivity index is 1.98. The number of hydrogen-bond donors (Lipinski definition) is 1. The van der Waals surface area contributed by atoms with Gasteiger partial charge in [0.1, 0.15) is 11.4 Å². The Morgan fingerprint density at radius 1 is 1.52 bits per heavy atom. The first-order valence-corrected chi connectivity index (χ1v) is 7.87. The van der Waals surface area contributed by atoms with Crippen LogP contribution in [0.15, 0.2) is 18.2 Å². The minimum absolute atomic E-state index is 0.0563. The molecule has 1 saturated heterocycles. The van der Waals surface area contributed by atoms with E-state index in [9.17, 15) is 14.3 Å². The molecule has 2 atom stereocenters. The largest absolute Gasteiger partial charge is 0.480 e. The van der Waals surface area contributed by atoms with Gasteiger partial charge < -0.3 is 5.11 Å². The molecular formula is C17H22FNO2. The lowest BCUT2D eigenvalue weighted by Crippen LogP contribution is -2.51. The van der Waals surface area contributed by atoms with Crippen LogP contribution in [0.1, 0.15) is 56.2 Å². The highest BCUT2D eigenvalue weighted by Crippen LogP contribution is 2.45. The SMILES string of the molecule is CCCC1(C(=O)O)CCCN1C1CCc2c(F)cccc21. The minimum Gasteiger partial charge on any atom is -0.480 e. The summed E-state index contributed by atoms with van der Waals surface area (Å²) in [4.78, 5) is 14.1. The third kappa shape index (κ3) is 2.16. The first-order valence-electron chi connectivity index (χ1n) is 7.87. The van der Waals surface area contributed by atoms with E-state index in [4.69, 9.17) is 0 Å². The molecule has 21 heavy (non-hydrogen) atoms. The highest BCUT2D eigenvalue weighted by Gasteiger charge is 2.50. The van der Waals surface area contributed by atoms with E-state index in [1.54, 1.807) is 6.07 Å². The van der Waals surface area contributed by atoms with Crippen LogP contribution in [0.5, 0.6) is 0 Å². The van der Waals surface area contributed by atoms with Crippen molar-refractivity contribution in [1.82, 2.24) is 4.90 Å². The van der Waals surface area contributed by atoms with E-state index in [0.29, 0.717) is 19.3 Å². The van der Waals surface area contributed by atoms with E-state index in [1.165, 1.54) is 6.07 Å². The van der Waals surface area contributed by atoms with Crippen LogP contribution in [0.3, 0.4) is 0 Å². The van der Waals surface area contributed by atoms with Gasteiger partial charge in [-0.05, 0) is 55.8 Å². The smallest absolute Gasteiger partial charge is 0.324 e. The fourth-order valence-electron chi connectivity index (χ4n) is 4.28. The van der Waals surface area contributed by atoms with Crippen LogP contribution in [-0.2, 0) is 11.2 Å². The van der Waals surface area contributed by atoms with Crippen molar-refractivity contribution in [3.8, 4) is 0 Å². The Morgan fingerprint density at radius 2 is 2.33 bits per heavy atom. The van der Waals surface area contributed by atoms with E-state index < -0.39 is 11.5 Å². The minimum atomic E-state index is -0.757. The highest BCUT2D eigenvalue weighted by molar-refractivity contribution is 5.79. The number of nitrogens with zero attached hydrogens (tertiary/aromatic N) is 1. The van der Waals surface area contributed by atoms with Gasteiger partial charge in [-0.25, -0.2) is 4.39 Å². The number of benzene rings is 1. The fraction of sp³-hybridized carbons (Fsp3) is 0.588. The molecule has 0 spiro atoms. The molecule has 0 radical (unpaired) electrons. The molecule has 1 N–H and O–H groups in total. The number of rotatable bonds is 4. The van der Waals surface area contributed by atoms with E-state index >= 15 is 0 Å². The van der Waals surface area contributed by atoms with E-state index in [2.05, 4.69) is 4.90 Å². The van der Waals surface area contributed by atoms with Crippen LogP contribution >= 0.6 is 0 Å².